The van der Waals surface area contributed by atoms with Crippen molar-refractivity contribution in [3.8, 4) is 0 Å². The van der Waals surface area contributed by atoms with Crippen LogP contribution in [0.1, 0.15) is 53.7 Å². The number of hydrogen-bond donors (Lipinski definition) is 0. The zero-order chi connectivity index (χ0) is 14.0. The molecule has 0 aliphatic rings. The normalized spacial score (nSPS) is 11.1. The fourth-order valence-electron chi connectivity index (χ4n) is 2.08. The van der Waals surface area contributed by atoms with E-state index >= 15 is 0 Å². The molecule has 0 N–H and O–H groups in total. The predicted octanol–water partition coefficient (Wildman–Crippen LogP) is 2.91. The van der Waals surface area contributed by atoms with Gasteiger partial charge in [0.1, 0.15) is 0 Å². The summed E-state index contributed by atoms with van der Waals surface area (Å²) in [5.74, 6) is 0.406. The molecule has 19 heavy (non-hydrogen) atoms. The maximum absolute atomic E-state index is 4.32. The summed E-state index contributed by atoms with van der Waals surface area (Å²) in [6.45, 7) is 10.4. The Morgan fingerprint density at radius 1 is 0.842 bits per heavy atom. The third-order valence-corrected chi connectivity index (χ3v) is 3.26. The summed E-state index contributed by atoms with van der Waals surface area (Å²) >= 11 is 0. The number of nitrogens with zero attached hydrogens (tertiary/aromatic N) is 4. The van der Waals surface area contributed by atoms with Crippen LogP contribution in [0, 0.1) is 20.8 Å². The van der Waals surface area contributed by atoms with E-state index in [4.69, 9.17) is 0 Å². The highest BCUT2D eigenvalue weighted by atomic mass is 15.1. The van der Waals surface area contributed by atoms with Crippen molar-refractivity contribution in [3.63, 3.8) is 0 Å². The van der Waals surface area contributed by atoms with Gasteiger partial charge in [0.05, 0.1) is 22.8 Å². The van der Waals surface area contributed by atoms with Gasteiger partial charge in [0.2, 0.25) is 0 Å². The fraction of sp³-hybridized carbons (Fsp3) is 0.467. The minimum absolute atomic E-state index is 0.406. The van der Waals surface area contributed by atoms with Gasteiger partial charge in [0, 0.05) is 6.42 Å². The summed E-state index contributed by atoms with van der Waals surface area (Å²) < 4.78 is 0. The van der Waals surface area contributed by atoms with Crippen molar-refractivity contribution in [1.29, 1.82) is 0 Å². The third kappa shape index (κ3) is 3.13. The van der Waals surface area contributed by atoms with E-state index in [0.717, 1.165) is 28.3 Å². The van der Waals surface area contributed by atoms with Crippen LogP contribution in [-0.4, -0.2) is 20.4 Å². The minimum atomic E-state index is 0.406. The number of aromatic nitrogens is 4. The molecule has 0 unspecified atom stereocenters. The fourth-order valence-corrected chi connectivity index (χ4v) is 2.08. The Kier molecular flexibility index (Phi) is 3.88. The molecule has 2 rings (SSSR count). The zero-order valence-corrected chi connectivity index (χ0v) is 12.2. The third-order valence-electron chi connectivity index (χ3n) is 3.26. The average Bonchev–Trinajstić information content (AvgIpc) is 2.33. The summed E-state index contributed by atoms with van der Waals surface area (Å²) in [5, 5.41) is 17.0. The molecule has 0 saturated heterocycles. The highest BCUT2D eigenvalue weighted by molar-refractivity contribution is 5.26. The highest BCUT2D eigenvalue weighted by Gasteiger charge is 2.09. The van der Waals surface area contributed by atoms with Gasteiger partial charge in [-0.1, -0.05) is 13.8 Å². The van der Waals surface area contributed by atoms with Crippen molar-refractivity contribution in [2.45, 2.75) is 47.0 Å². The van der Waals surface area contributed by atoms with Crippen molar-refractivity contribution < 1.29 is 0 Å². The summed E-state index contributed by atoms with van der Waals surface area (Å²) in [5.41, 5.74) is 6.27. The van der Waals surface area contributed by atoms with Gasteiger partial charge in [-0.3, -0.25) is 0 Å². The van der Waals surface area contributed by atoms with E-state index in [1.807, 2.05) is 13.8 Å². The molecule has 0 radical (unpaired) electrons. The van der Waals surface area contributed by atoms with Gasteiger partial charge in [0.15, 0.2) is 0 Å². The molecule has 0 saturated carbocycles. The number of aryl methyl sites for hydroxylation is 3. The van der Waals surface area contributed by atoms with E-state index in [1.54, 1.807) is 0 Å². The summed E-state index contributed by atoms with van der Waals surface area (Å²) in [6, 6.07) is 4.16. The molecule has 0 amide bonds. The van der Waals surface area contributed by atoms with Crippen molar-refractivity contribution in [2.75, 3.05) is 0 Å². The zero-order valence-electron chi connectivity index (χ0n) is 12.2. The molecule has 0 spiro atoms. The van der Waals surface area contributed by atoms with E-state index in [0.29, 0.717) is 12.3 Å². The molecule has 2 heterocycles. The van der Waals surface area contributed by atoms with Crippen molar-refractivity contribution >= 4 is 0 Å². The monoisotopic (exact) mass is 256 g/mol. The van der Waals surface area contributed by atoms with Crippen molar-refractivity contribution in [2.24, 2.45) is 0 Å². The molecule has 4 nitrogen and oxygen atoms in total. The Bertz CT molecular complexity index is 591. The molecule has 0 atom stereocenters. The van der Waals surface area contributed by atoms with Gasteiger partial charge in [-0.25, -0.2) is 0 Å². The Balaban J connectivity index is 2.24. The smallest absolute Gasteiger partial charge is 0.0694 e. The van der Waals surface area contributed by atoms with Gasteiger partial charge in [-0.15, -0.1) is 0 Å². The summed E-state index contributed by atoms with van der Waals surface area (Å²) in [6.07, 6.45) is 0.681. The molecular formula is C15H20N4. The Morgan fingerprint density at radius 2 is 1.42 bits per heavy atom. The largest absolute Gasteiger partial charge is 0.155 e. The van der Waals surface area contributed by atoms with Crippen LogP contribution in [0.25, 0.3) is 0 Å². The van der Waals surface area contributed by atoms with Gasteiger partial charge in [-0.2, -0.15) is 20.4 Å². The second kappa shape index (κ2) is 5.43. The average molecular weight is 256 g/mol. The maximum Gasteiger partial charge on any atom is 0.0694 e. The lowest BCUT2D eigenvalue weighted by Crippen LogP contribution is -2.05. The van der Waals surface area contributed by atoms with Crippen molar-refractivity contribution in [3.05, 3.63) is 46.0 Å². The Hall–Kier alpha value is -1.84. The number of hydrogen-bond acceptors (Lipinski definition) is 4. The van der Waals surface area contributed by atoms with Crippen LogP contribution >= 0.6 is 0 Å². The molecule has 2 aromatic rings. The van der Waals surface area contributed by atoms with Crippen LogP contribution < -0.4 is 0 Å². The van der Waals surface area contributed by atoms with Crippen LogP contribution in [0.2, 0.25) is 0 Å². The van der Waals surface area contributed by atoms with E-state index in [-0.39, 0.29) is 0 Å². The van der Waals surface area contributed by atoms with E-state index < -0.39 is 0 Å². The second-order valence-electron chi connectivity index (χ2n) is 5.34. The molecule has 100 valence electrons. The molecule has 0 bridgehead atoms. The Labute approximate surface area is 114 Å². The SMILES string of the molecule is Cc1cc(Cc2cc(C)c(C(C)C)nn2)nnc1C. The first-order valence-electron chi connectivity index (χ1n) is 6.60. The minimum Gasteiger partial charge on any atom is -0.155 e. The molecule has 2 aromatic heterocycles. The summed E-state index contributed by atoms with van der Waals surface area (Å²) in [7, 11) is 0. The van der Waals surface area contributed by atoms with Gasteiger partial charge in [-0.05, 0) is 49.9 Å². The topological polar surface area (TPSA) is 51.6 Å². The van der Waals surface area contributed by atoms with Gasteiger partial charge in [0.25, 0.3) is 0 Å². The van der Waals surface area contributed by atoms with Crippen LogP contribution in [0.5, 0.6) is 0 Å². The second-order valence-corrected chi connectivity index (χ2v) is 5.34. The van der Waals surface area contributed by atoms with Gasteiger partial charge >= 0.3 is 0 Å². The van der Waals surface area contributed by atoms with E-state index in [9.17, 15) is 0 Å². The predicted molar refractivity (Wildman–Crippen MR) is 75.2 cm³/mol. The molecule has 0 fully saturated rings. The van der Waals surface area contributed by atoms with E-state index in [1.165, 1.54) is 5.56 Å². The lowest BCUT2D eigenvalue weighted by molar-refractivity contribution is 0.755. The first-order chi connectivity index (χ1) is 8.97. The molecular weight excluding hydrogens is 236 g/mol. The van der Waals surface area contributed by atoms with E-state index in [2.05, 4.69) is 53.3 Å². The van der Waals surface area contributed by atoms with Gasteiger partial charge < -0.3 is 0 Å². The molecule has 0 aromatic carbocycles. The summed E-state index contributed by atoms with van der Waals surface area (Å²) in [4.78, 5) is 0. The number of rotatable bonds is 3. The van der Waals surface area contributed by atoms with Crippen molar-refractivity contribution in [1.82, 2.24) is 20.4 Å². The Morgan fingerprint density at radius 3 is 1.95 bits per heavy atom. The van der Waals surface area contributed by atoms with Crippen LogP contribution in [0.3, 0.4) is 0 Å². The standard InChI is InChI=1S/C15H20N4/c1-9(2)15-11(4)7-14(18-19-15)8-13-6-10(3)12(5)16-17-13/h6-7,9H,8H2,1-5H3. The first-order valence-corrected chi connectivity index (χ1v) is 6.60. The first kappa shape index (κ1) is 13.6. The van der Waals surface area contributed by atoms with Crippen LogP contribution in [0.15, 0.2) is 12.1 Å². The van der Waals surface area contributed by atoms with Crippen LogP contribution in [-0.2, 0) is 6.42 Å². The lowest BCUT2D eigenvalue weighted by atomic mass is 10.0. The molecule has 0 aliphatic heterocycles. The quantitative estimate of drug-likeness (QED) is 0.847. The highest BCUT2D eigenvalue weighted by Crippen LogP contribution is 2.17. The molecule has 4 heteroatoms. The molecule has 0 aliphatic carbocycles. The maximum atomic E-state index is 4.32. The lowest BCUT2D eigenvalue weighted by Gasteiger charge is -2.09. The van der Waals surface area contributed by atoms with Crippen LogP contribution in [0.4, 0.5) is 0 Å².